The van der Waals surface area contributed by atoms with Crippen molar-refractivity contribution in [3.8, 4) is 0 Å². The number of rotatable bonds is 10. The number of carbonyl (C=O) groups is 2. The van der Waals surface area contributed by atoms with Gasteiger partial charge in [0, 0.05) is 46.4 Å². The molecule has 1 aromatic heterocycles. The molecule has 1 fully saturated rings. The van der Waals surface area contributed by atoms with Crippen molar-refractivity contribution in [3.63, 3.8) is 0 Å². The van der Waals surface area contributed by atoms with Crippen LogP contribution in [0.15, 0.2) is 65.7 Å². The summed E-state index contributed by atoms with van der Waals surface area (Å²) in [5.41, 5.74) is 0.983. The first-order valence-corrected chi connectivity index (χ1v) is 12.7. The quantitative estimate of drug-likeness (QED) is 0.344. The smallest absolute Gasteiger partial charge is 0.242 e. The number of hydrogen-bond acceptors (Lipinski definition) is 3. The molecular formula is C25H25BrCl2N4O2. The normalized spacial score (nSPS) is 14.9. The lowest BCUT2D eigenvalue weighted by atomic mass is 9.94. The lowest BCUT2D eigenvalue weighted by Crippen LogP contribution is -2.51. The summed E-state index contributed by atoms with van der Waals surface area (Å²) in [6, 6.07) is 12.2. The van der Waals surface area contributed by atoms with Crippen molar-refractivity contribution >= 4 is 50.9 Å². The third kappa shape index (κ3) is 6.01. The number of carbonyl (C=O) groups excluding carboxylic acids is 2. The summed E-state index contributed by atoms with van der Waals surface area (Å²) in [6.45, 7) is 1.25. The van der Waals surface area contributed by atoms with Gasteiger partial charge in [-0.25, -0.2) is 4.98 Å². The molecule has 2 N–H and O–H groups in total. The number of amides is 2. The van der Waals surface area contributed by atoms with Crippen LogP contribution < -0.4 is 10.6 Å². The molecule has 9 heteroatoms. The SMILES string of the molecule is O=C(NCCCn1ccnc1)[C@H](Cc1ccc(Br)cc1)NC(=O)C1(c2ccc(Cl)cc2Cl)CC1. The third-order valence-electron chi connectivity index (χ3n) is 6.06. The van der Waals surface area contributed by atoms with Crippen LogP contribution in [0.4, 0.5) is 0 Å². The van der Waals surface area contributed by atoms with Gasteiger partial charge in [0.05, 0.1) is 11.7 Å². The van der Waals surface area contributed by atoms with Crippen LogP contribution in [0.5, 0.6) is 0 Å². The van der Waals surface area contributed by atoms with Gasteiger partial charge in [0.25, 0.3) is 0 Å². The Hall–Kier alpha value is -2.35. The van der Waals surface area contributed by atoms with Crippen LogP contribution in [0.25, 0.3) is 0 Å². The molecule has 0 bridgehead atoms. The number of nitrogens with zero attached hydrogens (tertiary/aromatic N) is 2. The van der Waals surface area contributed by atoms with Crippen molar-refractivity contribution in [2.24, 2.45) is 0 Å². The second-order valence-electron chi connectivity index (χ2n) is 8.51. The van der Waals surface area contributed by atoms with Gasteiger partial charge in [-0.1, -0.05) is 57.3 Å². The number of aryl methyl sites for hydroxylation is 1. The van der Waals surface area contributed by atoms with Crippen LogP contribution in [0.3, 0.4) is 0 Å². The Morgan fingerprint density at radius 2 is 1.91 bits per heavy atom. The zero-order valence-electron chi connectivity index (χ0n) is 18.4. The van der Waals surface area contributed by atoms with E-state index in [0.29, 0.717) is 35.9 Å². The highest BCUT2D eigenvalue weighted by atomic mass is 79.9. The molecule has 0 saturated heterocycles. The second kappa shape index (κ2) is 10.9. The highest BCUT2D eigenvalue weighted by Crippen LogP contribution is 2.51. The van der Waals surface area contributed by atoms with E-state index in [2.05, 4.69) is 31.5 Å². The van der Waals surface area contributed by atoms with Gasteiger partial charge in [-0.05, 0) is 54.7 Å². The van der Waals surface area contributed by atoms with E-state index < -0.39 is 11.5 Å². The van der Waals surface area contributed by atoms with Crippen LogP contribution >= 0.6 is 39.1 Å². The summed E-state index contributed by atoms with van der Waals surface area (Å²) in [5.74, 6) is -0.396. The summed E-state index contributed by atoms with van der Waals surface area (Å²) >= 11 is 15.9. The topological polar surface area (TPSA) is 76.0 Å². The fourth-order valence-corrected chi connectivity index (χ4v) is 4.85. The van der Waals surface area contributed by atoms with E-state index in [-0.39, 0.29) is 11.8 Å². The maximum absolute atomic E-state index is 13.4. The summed E-state index contributed by atoms with van der Waals surface area (Å²) in [7, 11) is 0. The van der Waals surface area contributed by atoms with Crippen LogP contribution in [0, 0.1) is 0 Å². The molecule has 1 saturated carbocycles. The average molecular weight is 564 g/mol. The van der Waals surface area contributed by atoms with Crippen molar-refractivity contribution in [1.29, 1.82) is 0 Å². The maximum atomic E-state index is 13.4. The molecule has 1 atom stereocenters. The van der Waals surface area contributed by atoms with Gasteiger partial charge in [-0.2, -0.15) is 0 Å². The predicted octanol–water partition coefficient (Wildman–Crippen LogP) is 4.92. The molecule has 3 aromatic rings. The lowest BCUT2D eigenvalue weighted by molar-refractivity contribution is -0.130. The van der Waals surface area contributed by atoms with Gasteiger partial charge in [-0.15, -0.1) is 0 Å². The zero-order chi connectivity index (χ0) is 24.1. The average Bonchev–Trinajstić information content (AvgIpc) is 3.45. The van der Waals surface area contributed by atoms with E-state index in [1.165, 1.54) is 0 Å². The fourth-order valence-electron chi connectivity index (χ4n) is 4.00. The fraction of sp³-hybridized carbons (Fsp3) is 0.320. The minimum Gasteiger partial charge on any atom is -0.354 e. The van der Waals surface area contributed by atoms with Crippen molar-refractivity contribution in [1.82, 2.24) is 20.2 Å². The molecule has 4 rings (SSSR count). The Kier molecular flexibility index (Phi) is 7.96. The molecule has 0 unspecified atom stereocenters. The molecule has 2 aromatic carbocycles. The largest absolute Gasteiger partial charge is 0.354 e. The minimum atomic E-state index is -0.721. The molecule has 2 amide bonds. The summed E-state index contributed by atoms with van der Waals surface area (Å²) in [4.78, 5) is 30.5. The van der Waals surface area contributed by atoms with Gasteiger partial charge in [0.1, 0.15) is 6.04 Å². The standard InChI is InChI=1S/C25H25BrCl2N4O2/c26-18-4-2-17(3-5-18)14-22(23(33)30-10-1-12-32-13-11-29-16-32)31-24(34)25(8-9-25)20-7-6-19(27)15-21(20)28/h2-7,11,13,15-16,22H,1,8-10,12,14H2,(H,30,33)(H,31,34)/t22-/m0/s1. The van der Waals surface area contributed by atoms with Gasteiger partial charge in [0.2, 0.25) is 11.8 Å². The lowest BCUT2D eigenvalue weighted by Gasteiger charge is -2.23. The molecule has 1 aliphatic carbocycles. The highest BCUT2D eigenvalue weighted by Gasteiger charge is 2.53. The van der Waals surface area contributed by atoms with E-state index in [0.717, 1.165) is 28.6 Å². The summed E-state index contributed by atoms with van der Waals surface area (Å²) < 4.78 is 2.91. The summed E-state index contributed by atoms with van der Waals surface area (Å²) in [5, 5.41) is 6.97. The Balaban J connectivity index is 1.45. The number of aromatic nitrogens is 2. The molecule has 1 heterocycles. The van der Waals surface area contributed by atoms with E-state index in [4.69, 9.17) is 23.2 Å². The summed E-state index contributed by atoms with van der Waals surface area (Å²) in [6.07, 6.45) is 7.85. The van der Waals surface area contributed by atoms with Crippen LogP contribution in [0.2, 0.25) is 10.0 Å². The van der Waals surface area contributed by atoms with Crippen LogP contribution in [-0.2, 0) is 28.0 Å². The van der Waals surface area contributed by atoms with E-state index in [1.807, 2.05) is 35.0 Å². The Morgan fingerprint density at radius 1 is 1.15 bits per heavy atom. The Bertz CT molecular complexity index is 1150. The first kappa shape index (κ1) is 24.8. The van der Waals surface area contributed by atoms with Gasteiger partial charge in [-0.3, -0.25) is 9.59 Å². The third-order valence-corrected chi connectivity index (χ3v) is 7.13. The molecular weight excluding hydrogens is 539 g/mol. The molecule has 1 aliphatic rings. The molecule has 0 radical (unpaired) electrons. The number of halogens is 3. The highest BCUT2D eigenvalue weighted by molar-refractivity contribution is 9.10. The van der Waals surface area contributed by atoms with E-state index >= 15 is 0 Å². The minimum absolute atomic E-state index is 0.188. The Morgan fingerprint density at radius 3 is 2.56 bits per heavy atom. The maximum Gasteiger partial charge on any atom is 0.242 e. The molecule has 0 aliphatic heterocycles. The van der Waals surface area contributed by atoms with Crippen LogP contribution in [-0.4, -0.2) is 34.0 Å². The van der Waals surface area contributed by atoms with Gasteiger partial charge >= 0.3 is 0 Å². The van der Waals surface area contributed by atoms with Crippen molar-refractivity contribution in [3.05, 3.63) is 86.8 Å². The monoisotopic (exact) mass is 562 g/mol. The van der Waals surface area contributed by atoms with E-state index in [9.17, 15) is 9.59 Å². The molecule has 0 spiro atoms. The number of benzene rings is 2. The van der Waals surface area contributed by atoms with E-state index in [1.54, 1.807) is 30.7 Å². The predicted molar refractivity (Wildman–Crippen MR) is 137 cm³/mol. The van der Waals surface area contributed by atoms with Crippen LogP contribution in [0.1, 0.15) is 30.4 Å². The molecule has 178 valence electrons. The number of imidazole rings is 1. The van der Waals surface area contributed by atoms with Crippen molar-refractivity contribution in [2.45, 2.75) is 43.7 Å². The van der Waals surface area contributed by atoms with Crippen molar-refractivity contribution in [2.75, 3.05) is 6.54 Å². The second-order valence-corrected chi connectivity index (χ2v) is 10.3. The zero-order valence-corrected chi connectivity index (χ0v) is 21.5. The molecule has 6 nitrogen and oxygen atoms in total. The van der Waals surface area contributed by atoms with Crippen molar-refractivity contribution < 1.29 is 9.59 Å². The Labute approximate surface area is 217 Å². The van der Waals surface area contributed by atoms with Gasteiger partial charge < -0.3 is 15.2 Å². The first-order chi connectivity index (χ1) is 16.4. The first-order valence-electron chi connectivity index (χ1n) is 11.1. The number of nitrogens with one attached hydrogen (secondary N) is 2. The number of hydrogen-bond donors (Lipinski definition) is 2. The van der Waals surface area contributed by atoms with Gasteiger partial charge in [0.15, 0.2) is 0 Å². The molecule has 34 heavy (non-hydrogen) atoms.